The molecule has 7 nitrogen and oxygen atoms in total. The summed E-state index contributed by atoms with van der Waals surface area (Å²) < 4.78 is 10.7. The third-order valence-corrected chi connectivity index (χ3v) is 3.56. The van der Waals surface area contributed by atoms with E-state index < -0.39 is 11.7 Å². The molecule has 0 aromatic heterocycles. The zero-order chi connectivity index (χ0) is 20.1. The van der Waals surface area contributed by atoms with Gasteiger partial charge in [0, 0.05) is 33.3 Å². The van der Waals surface area contributed by atoms with Crippen LogP contribution in [-0.2, 0) is 22.6 Å². The average Bonchev–Trinajstić information content (AvgIpc) is 2.61. The predicted octanol–water partition coefficient (Wildman–Crippen LogP) is 3.42. The SMILES string of the molecule is CCOCc1ccccc1CNC(=NC)NCCCNC(=O)OC(C)(C)C.I. The van der Waals surface area contributed by atoms with Crippen molar-refractivity contribution < 1.29 is 14.3 Å². The first-order chi connectivity index (χ1) is 12.9. The van der Waals surface area contributed by atoms with E-state index >= 15 is 0 Å². The number of carbonyl (C=O) groups excluding carboxylic acids is 1. The van der Waals surface area contributed by atoms with Crippen molar-refractivity contribution in [3.05, 3.63) is 35.4 Å². The number of nitrogens with zero attached hydrogens (tertiary/aromatic N) is 1. The van der Waals surface area contributed by atoms with Crippen LogP contribution >= 0.6 is 24.0 Å². The lowest BCUT2D eigenvalue weighted by atomic mass is 10.1. The second-order valence-corrected chi connectivity index (χ2v) is 7.04. The number of alkyl carbamates (subject to hydrolysis) is 1. The molecule has 0 fully saturated rings. The number of hydrogen-bond donors (Lipinski definition) is 3. The number of nitrogens with one attached hydrogen (secondary N) is 3. The van der Waals surface area contributed by atoms with Crippen molar-refractivity contribution in [1.29, 1.82) is 0 Å². The summed E-state index contributed by atoms with van der Waals surface area (Å²) in [6, 6.07) is 8.19. The summed E-state index contributed by atoms with van der Waals surface area (Å²) in [4.78, 5) is 15.8. The summed E-state index contributed by atoms with van der Waals surface area (Å²) >= 11 is 0. The quantitative estimate of drug-likeness (QED) is 0.207. The molecule has 1 amide bonds. The number of amides is 1. The van der Waals surface area contributed by atoms with E-state index in [1.54, 1.807) is 7.05 Å². The minimum Gasteiger partial charge on any atom is -0.444 e. The molecule has 0 radical (unpaired) electrons. The van der Waals surface area contributed by atoms with Crippen LogP contribution in [0.1, 0.15) is 45.2 Å². The molecule has 28 heavy (non-hydrogen) atoms. The molecule has 0 atom stereocenters. The second kappa shape index (κ2) is 14.4. The summed E-state index contributed by atoms with van der Waals surface area (Å²) in [6.07, 6.45) is 0.372. The third-order valence-electron chi connectivity index (χ3n) is 3.56. The molecule has 0 heterocycles. The molecule has 0 aliphatic carbocycles. The van der Waals surface area contributed by atoms with E-state index in [1.165, 1.54) is 11.1 Å². The average molecular weight is 506 g/mol. The van der Waals surface area contributed by atoms with E-state index in [1.807, 2.05) is 39.8 Å². The van der Waals surface area contributed by atoms with E-state index in [-0.39, 0.29) is 24.0 Å². The molecule has 0 bridgehead atoms. The van der Waals surface area contributed by atoms with Crippen molar-refractivity contribution in [1.82, 2.24) is 16.0 Å². The monoisotopic (exact) mass is 506 g/mol. The number of rotatable bonds is 9. The Kier molecular flexibility index (Phi) is 13.6. The number of guanidine groups is 1. The van der Waals surface area contributed by atoms with Gasteiger partial charge >= 0.3 is 6.09 Å². The van der Waals surface area contributed by atoms with Gasteiger partial charge in [-0.1, -0.05) is 24.3 Å². The Morgan fingerprint density at radius 2 is 1.71 bits per heavy atom. The first kappa shape index (κ1) is 26.4. The van der Waals surface area contributed by atoms with Crippen LogP contribution in [0.5, 0.6) is 0 Å². The predicted molar refractivity (Wildman–Crippen MR) is 124 cm³/mol. The normalized spacial score (nSPS) is 11.4. The fourth-order valence-electron chi connectivity index (χ4n) is 2.28. The third kappa shape index (κ3) is 12.0. The van der Waals surface area contributed by atoms with E-state index in [2.05, 4.69) is 33.1 Å². The van der Waals surface area contributed by atoms with Gasteiger partial charge in [-0.15, -0.1) is 24.0 Å². The summed E-state index contributed by atoms with van der Waals surface area (Å²) in [6.45, 7) is 10.7. The molecule has 0 saturated carbocycles. The Bertz CT molecular complexity index is 603. The Morgan fingerprint density at radius 1 is 1.07 bits per heavy atom. The van der Waals surface area contributed by atoms with Crippen LogP contribution in [0.15, 0.2) is 29.3 Å². The molecule has 3 N–H and O–H groups in total. The number of carbonyl (C=O) groups is 1. The van der Waals surface area contributed by atoms with Crippen LogP contribution in [0.3, 0.4) is 0 Å². The first-order valence-electron chi connectivity index (χ1n) is 9.41. The van der Waals surface area contributed by atoms with Gasteiger partial charge in [0.25, 0.3) is 0 Å². The largest absolute Gasteiger partial charge is 0.444 e. The van der Waals surface area contributed by atoms with Gasteiger partial charge in [0.2, 0.25) is 0 Å². The maximum absolute atomic E-state index is 11.6. The van der Waals surface area contributed by atoms with E-state index in [9.17, 15) is 4.79 Å². The number of ether oxygens (including phenoxy) is 2. The van der Waals surface area contributed by atoms with Crippen molar-refractivity contribution >= 4 is 36.0 Å². The number of benzene rings is 1. The molecule has 0 spiro atoms. The van der Waals surface area contributed by atoms with Gasteiger partial charge in [-0.05, 0) is 45.2 Å². The Morgan fingerprint density at radius 3 is 2.32 bits per heavy atom. The minimum absolute atomic E-state index is 0. The van der Waals surface area contributed by atoms with Crippen molar-refractivity contribution in [2.24, 2.45) is 4.99 Å². The zero-order valence-corrected chi connectivity index (χ0v) is 20.0. The van der Waals surface area contributed by atoms with Crippen molar-refractivity contribution in [2.75, 3.05) is 26.7 Å². The van der Waals surface area contributed by atoms with Crippen molar-refractivity contribution in [3.63, 3.8) is 0 Å². The number of aliphatic imine (C=N–C) groups is 1. The zero-order valence-electron chi connectivity index (χ0n) is 17.6. The topological polar surface area (TPSA) is 84.0 Å². The lowest BCUT2D eigenvalue weighted by molar-refractivity contribution is 0.0527. The van der Waals surface area contributed by atoms with Crippen LogP contribution in [0.2, 0.25) is 0 Å². The van der Waals surface area contributed by atoms with Crippen molar-refractivity contribution in [3.8, 4) is 0 Å². The molecule has 1 aromatic carbocycles. The van der Waals surface area contributed by atoms with Gasteiger partial charge in [-0.3, -0.25) is 4.99 Å². The molecule has 8 heteroatoms. The second-order valence-electron chi connectivity index (χ2n) is 7.04. The fourth-order valence-corrected chi connectivity index (χ4v) is 2.28. The molecular formula is C20H35IN4O3. The summed E-state index contributed by atoms with van der Waals surface area (Å²) in [5.74, 6) is 0.721. The van der Waals surface area contributed by atoms with E-state index in [4.69, 9.17) is 9.47 Å². The van der Waals surface area contributed by atoms with Gasteiger partial charge in [0.15, 0.2) is 5.96 Å². The molecule has 0 unspecified atom stereocenters. The van der Waals surface area contributed by atoms with E-state index in [0.29, 0.717) is 32.8 Å². The van der Waals surface area contributed by atoms with Crippen LogP contribution in [0.4, 0.5) is 4.79 Å². The highest BCUT2D eigenvalue weighted by Gasteiger charge is 2.15. The Hall–Kier alpha value is -1.55. The highest BCUT2D eigenvalue weighted by molar-refractivity contribution is 14.0. The van der Waals surface area contributed by atoms with Crippen LogP contribution in [0, 0.1) is 0 Å². The fraction of sp³-hybridized carbons (Fsp3) is 0.600. The lowest BCUT2D eigenvalue weighted by Gasteiger charge is -2.19. The molecule has 1 rings (SSSR count). The van der Waals surface area contributed by atoms with Gasteiger partial charge < -0.3 is 25.4 Å². The lowest BCUT2D eigenvalue weighted by Crippen LogP contribution is -2.39. The van der Waals surface area contributed by atoms with E-state index in [0.717, 1.165) is 12.4 Å². The summed E-state index contributed by atoms with van der Waals surface area (Å²) in [7, 11) is 1.74. The molecule has 0 aliphatic rings. The first-order valence-corrected chi connectivity index (χ1v) is 9.41. The van der Waals surface area contributed by atoms with Gasteiger partial charge in [0.05, 0.1) is 6.61 Å². The number of halogens is 1. The summed E-state index contributed by atoms with van der Waals surface area (Å²) in [5.41, 5.74) is 1.87. The highest BCUT2D eigenvalue weighted by Crippen LogP contribution is 2.10. The maximum atomic E-state index is 11.6. The smallest absolute Gasteiger partial charge is 0.407 e. The van der Waals surface area contributed by atoms with Crippen LogP contribution in [0.25, 0.3) is 0 Å². The minimum atomic E-state index is -0.479. The standard InChI is InChI=1S/C20H34N4O3.HI/c1-6-26-15-17-11-8-7-10-16(17)14-24-18(21-5)22-12-9-13-23-19(25)27-20(2,3)4;/h7-8,10-11H,6,9,12-15H2,1-5H3,(H,23,25)(H2,21,22,24);1H. The summed E-state index contributed by atoms with van der Waals surface area (Å²) in [5, 5.41) is 9.28. The molecule has 0 aliphatic heterocycles. The number of hydrogen-bond acceptors (Lipinski definition) is 4. The van der Waals surface area contributed by atoms with Crippen molar-refractivity contribution in [2.45, 2.75) is 52.9 Å². The molecular weight excluding hydrogens is 471 g/mol. The van der Waals surface area contributed by atoms with Gasteiger partial charge in [-0.25, -0.2) is 4.79 Å². The molecule has 0 saturated heterocycles. The van der Waals surface area contributed by atoms with Gasteiger partial charge in [-0.2, -0.15) is 0 Å². The van der Waals surface area contributed by atoms with Crippen LogP contribution < -0.4 is 16.0 Å². The highest BCUT2D eigenvalue weighted by atomic mass is 127. The molecule has 160 valence electrons. The maximum Gasteiger partial charge on any atom is 0.407 e. The van der Waals surface area contributed by atoms with Crippen LogP contribution in [-0.4, -0.2) is 44.4 Å². The molecule has 1 aromatic rings. The van der Waals surface area contributed by atoms with Gasteiger partial charge in [0.1, 0.15) is 5.60 Å². The Balaban J connectivity index is 0.00000729. The Labute approximate surface area is 186 Å².